The topological polar surface area (TPSA) is 41.1 Å². The molecule has 1 amide bonds. The van der Waals surface area contributed by atoms with Crippen molar-refractivity contribution in [1.82, 2.24) is 10.6 Å². The molecule has 0 aliphatic heterocycles. The summed E-state index contributed by atoms with van der Waals surface area (Å²) in [6, 6.07) is 9.81. The van der Waals surface area contributed by atoms with Crippen LogP contribution in [0.3, 0.4) is 0 Å². The van der Waals surface area contributed by atoms with Gasteiger partial charge in [-0.3, -0.25) is 4.79 Å². The molecule has 1 aromatic rings. The van der Waals surface area contributed by atoms with Crippen LogP contribution in [0.5, 0.6) is 0 Å². The second-order valence-electron chi connectivity index (χ2n) is 6.26. The summed E-state index contributed by atoms with van der Waals surface area (Å²) in [4.78, 5) is 11.0. The first-order chi connectivity index (χ1) is 9.72. The molecule has 3 rings (SSSR count). The van der Waals surface area contributed by atoms with E-state index in [2.05, 4.69) is 34.9 Å². The molecule has 0 saturated heterocycles. The molecule has 0 spiro atoms. The van der Waals surface area contributed by atoms with Crippen LogP contribution in [0.4, 0.5) is 0 Å². The second kappa shape index (κ2) is 5.96. The van der Waals surface area contributed by atoms with Crippen molar-refractivity contribution in [3.05, 3.63) is 35.4 Å². The summed E-state index contributed by atoms with van der Waals surface area (Å²) in [6.45, 7) is 2.71. The molecule has 0 radical (unpaired) electrons. The van der Waals surface area contributed by atoms with Crippen molar-refractivity contribution in [2.24, 2.45) is 0 Å². The Labute approximate surface area is 121 Å². The van der Waals surface area contributed by atoms with Crippen LogP contribution in [0.15, 0.2) is 24.3 Å². The fourth-order valence-corrected chi connectivity index (χ4v) is 3.58. The molecule has 1 saturated carbocycles. The molecule has 0 bridgehead atoms. The van der Waals surface area contributed by atoms with Crippen molar-refractivity contribution in [3.8, 4) is 0 Å². The number of rotatable bonds is 4. The summed E-state index contributed by atoms with van der Waals surface area (Å²) in [5.41, 5.74) is 3.06. The number of amides is 1. The first kappa shape index (κ1) is 13.6. The van der Waals surface area contributed by atoms with Gasteiger partial charge in [0, 0.05) is 31.5 Å². The predicted octanol–water partition coefficient (Wildman–Crippen LogP) is 2.36. The third kappa shape index (κ3) is 3.04. The molecule has 2 aliphatic carbocycles. The minimum Gasteiger partial charge on any atom is -0.354 e. The third-order valence-electron chi connectivity index (χ3n) is 4.75. The Hall–Kier alpha value is -1.35. The van der Waals surface area contributed by atoms with Crippen molar-refractivity contribution in [1.29, 1.82) is 0 Å². The van der Waals surface area contributed by atoms with E-state index in [1.165, 1.54) is 30.4 Å². The van der Waals surface area contributed by atoms with Gasteiger partial charge in [0.25, 0.3) is 0 Å². The molecule has 1 atom stereocenters. The fourth-order valence-electron chi connectivity index (χ4n) is 3.58. The van der Waals surface area contributed by atoms with Gasteiger partial charge in [-0.1, -0.05) is 24.3 Å². The van der Waals surface area contributed by atoms with Crippen molar-refractivity contribution < 1.29 is 4.79 Å². The Morgan fingerprint density at radius 3 is 2.55 bits per heavy atom. The largest absolute Gasteiger partial charge is 0.354 e. The molecule has 20 heavy (non-hydrogen) atoms. The average molecular weight is 272 g/mol. The Morgan fingerprint density at radius 2 is 1.85 bits per heavy atom. The van der Waals surface area contributed by atoms with E-state index < -0.39 is 0 Å². The van der Waals surface area contributed by atoms with Crippen LogP contribution < -0.4 is 10.6 Å². The highest BCUT2D eigenvalue weighted by Gasteiger charge is 2.27. The van der Waals surface area contributed by atoms with E-state index in [1.807, 2.05) is 0 Å². The molecule has 108 valence electrons. The smallest absolute Gasteiger partial charge is 0.217 e. The van der Waals surface area contributed by atoms with Gasteiger partial charge in [0.1, 0.15) is 0 Å². The van der Waals surface area contributed by atoms with E-state index in [4.69, 9.17) is 0 Å². The molecular weight excluding hydrogens is 248 g/mol. The van der Waals surface area contributed by atoms with E-state index in [0.717, 1.165) is 19.4 Å². The van der Waals surface area contributed by atoms with Gasteiger partial charge in [-0.2, -0.15) is 0 Å². The SMILES string of the molecule is CC(=O)NC1CCC(NC[C@H]2Cc3ccccc32)CC1. The number of carbonyl (C=O) groups excluding carboxylic acids is 1. The highest BCUT2D eigenvalue weighted by atomic mass is 16.1. The zero-order valence-corrected chi connectivity index (χ0v) is 12.2. The number of fused-ring (bicyclic) bond motifs is 1. The van der Waals surface area contributed by atoms with Crippen LogP contribution in [0.2, 0.25) is 0 Å². The first-order valence-electron chi connectivity index (χ1n) is 7.80. The van der Waals surface area contributed by atoms with Gasteiger partial charge in [-0.15, -0.1) is 0 Å². The highest BCUT2D eigenvalue weighted by molar-refractivity contribution is 5.73. The van der Waals surface area contributed by atoms with Crippen LogP contribution in [-0.2, 0) is 11.2 Å². The van der Waals surface area contributed by atoms with Gasteiger partial charge in [0.2, 0.25) is 5.91 Å². The molecule has 0 aromatic heterocycles. The van der Waals surface area contributed by atoms with E-state index in [0.29, 0.717) is 18.0 Å². The average Bonchev–Trinajstić information content (AvgIpc) is 2.41. The van der Waals surface area contributed by atoms with Crippen LogP contribution in [0, 0.1) is 0 Å². The maximum absolute atomic E-state index is 11.0. The Balaban J connectivity index is 1.40. The molecule has 0 unspecified atom stereocenters. The maximum atomic E-state index is 11.0. The van der Waals surface area contributed by atoms with Crippen LogP contribution in [0.25, 0.3) is 0 Å². The van der Waals surface area contributed by atoms with E-state index in [-0.39, 0.29) is 5.91 Å². The molecule has 3 nitrogen and oxygen atoms in total. The Bertz CT molecular complexity index is 478. The number of hydrogen-bond acceptors (Lipinski definition) is 2. The summed E-state index contributed by atoms with van der Waals surface area (Å²) in [5.74, 6) is 0.812. The molecule has 2 aliphatic rings. The summed E-state index contributed by atoms with van der Waals surface area (Å²) >= 11 is 0. The lowest BCUT2D eigenvalue weighted by Gasteiger charge is -2.34. The van der Waals surface area contributed by atoms with Gasteiger partial charge in [0.05, 0.1) is 0 Å². The number of nitrogens with one attached hydrogen (secondary N) is 2. The lowest BCUT2D eigenvalue weighted by molar-refractivity contribution is -0.119. The van der Waals surface area contributed by atoms with E-state index in [9.17, 15) is 4.79 Å². The van der Waals surface area contributed by atoms with Crippen molar-refractivity contribution in [3.63, 3.8) is 0 Å². The molecule has 0 heterocycles. The predicted molar refractivity (Wildman–Crippen MR) is 80.8 cm³/mol. The van der Waals surface area contributed by atoms with Crippen LogP contribution >= 0.6 is 0 Å². The number of benzene rings is 1. The molecule has 1 fully saturated rings. The lowest BCUT2D eigenvalue weighted by Crippen LogP contribution is -2.43. The van der Waals surface area contributed by atoms with Crippen LogP contribution in [-0.4, -0.2) is 24.5 Å². The Kier molecular flexibility index (Phi) is 4.06. The quantitative estimate of drug-likeness (QED) is 0.883. The zero-order chi connectivity index (χ0) is 13.9. The van der Waals surface area contributed by atoms with Gasteiger partial charge in [-0.25, -0.2) is 0 Å². The highest BCUT2D eigenvalue weighted by Crippen LogP contribution is 2.34. The number of hydrogen-bond donors (Lipinski definition) is 2. The summed E-state index contributed by atoms with van der Waals surface area (Å²) in [5, 5.41) is 6.76. The lowest BCUT2D eigenvalue weighted by atomic mass is 9.77. The van der Waals surface area contributed by atoms with Gasteiger partial charge in [0.15, 0.2) is 0 Å². The van der Waals surface area contributed by atoms with Gasteiger partial charge < -0.3 is 10.6 Å². The Morgan fingerprint density at radius 1 is 1.15 bits per heavy atom. The second-order valence-corrected chi connectivity index (χ2v) is 6.26. The summed E-state index contributed by atoms with van der Waals surface area (Å²) in [7, 11) is 0. The zero-order valence-electron chi connectivity index (χ0n) is 12.2. The molecule has 2 N–H and O–H groups in total. The monoisotopic (exact) mass is 272 g/mol. The van der Waals surface area contributed by atoms with Gasteiger partial charge in [-0.05, 0) is 43.2 Å². The van der Waals surface area contributed by atoms with E-state index in [1.54, 1.807) is 6.92 Å². The minimum absolute atomic E-state index is 0.104. The fraction of sp³-hybridized carbons (Fsp3) is 0.588. The maximum Gasteiger partial charge on any atom is 0.217 e. The number of carbonyl (C=O) groups is 1. The first-order valence-corrected chi connectivity index (χ1v) is 7.80. The van der Waals surface area contributed by atoms with Crippen molar-refractivity contribution in [2.45, 2.75) is 57.0 Å². The molecule has 1 aromatic carbocycles. The molecular formula is C17H24N2O. The van der Waals surface area contributed by atoms with E-state index >= 15 is 0 Å². The standard InChI is InChI=1S/C17H24N2O/c1-12(20)19-16-8-6-15(7-9-16)18-11-14-10-13-4-2-3-5-17(13)14/h2-5,14-16,18H,6-11H2,1H3,(H,19,20)/t14-,15?,16?/m1/s1. The van der Waals surface area contributed by atoms with Crippen molar-refractivity contribution >= 4 is 5.91 Å². The normalized spacial score (nSPS) is 28.4. The molecule has 3 heteroatoms. The summed E-state index contributed by atoms with van der Waals surface area (Å²) in [6.07, 6.45) is 5.81. The third-order valence-corrected chi connectivity index (χ3v) is 4.75. The minimum atomic E-state index is 0.104. The van der Waals surface area contributed by atoms with Crippen molar-refractivity contribution in [2.75, 3.05) is 6.54 Å². The summed E-state index contributed by atoms with van der Waals surface area (Å²) < 4.78 is 0. The van der Waals surface area contributed by atoms with Crippen LogP contribution in [0.1, 0.15) is 49.7 Å². The van der Waals surface area contributed by atoms with Gasteiger partial charge >= 0.3 is 0 Å².